The van der Waals surface area contributed by atoms with Gasteiger partial charge in [-0.25, -0.2) is 9.97 Å². The molecule has 14 heavy (non-hydrogen) atoms. The number of nitriles is 1. The molecule has 0 atom stereocenters. The van der Waals surface area contributed by atoms with Crippen LogP contribution in [0, 0.1) is 11.3 Å². The highest BCUT2D eigenvalue weighted by Gasteiger charge is 2.04. The first-order valence-electron chi connectivity index (χ1n) is 3.78. The lowest BCUT2D eigenvalue weighted by Gasteiger charge is -1.94. The third-order valence-electron chi connectivity index (χ3n) is 1.56. The molecular weight excluding hydrogens is 262 g/mol. The maximum Gasteiger partial charge on any atom is 0.142 e. The van der Waals surface area contributed by atoms with E-state index < -0.39 is 0 Å². The van der Waals surface area contributed by atoms with Crippen molar-refractivity contribution in [3.8, 4) is 16.8 Å². The Labute approximate surface area is 93.2 Å². The topological polar surface area (TPSA) is 49.6 Å². The zero-order valence-corrected chi connectivity index (χ0v) is 9.34. The van der Waals surface area contributed by atoms with Crippen LogP contribution in [0.5, 0.6) is 0 Å². The maximum absolute atomic E-state index is 8.68. The molecule has 0 bridgehead atoms. The van der Waals surface area contributed by atoms with Crippen molar-refractivity contribution < 1.29 is 0 Å². The Morgan fingerprint density at radius 3 is 2.93 bits per heavy atom. The van der Waals surface area contributed by atoms with Crippen LogP contribution in [0.1, 0.15) is 5.69 Å². The van der Waals surface area contributed by atoms with Gasteiger partial charge in [0, 0.05) is 0 Å². The molecule has 0 aliphatic rings. The molecule has 0 unspecified atom stereocenters. The summed E-state index contributed by atoms with van der Waals surface area (Å²) < 4.78 is 0.955. The van der Waals surface area contributed by atoms with Crippen molar-refractivity contribution in [1.82, 2.24) is 9.97 Å². The van der Waals surface area contributed by atoms with Crippen molar-refractivity contribution in [3.63, 3.8) is 0 Å². The predicted octanol–water partition coefficient (Wildman–Crippen LogP) is 2.84. The molecule has 0 saturated heterocycles. The van der Waals surface area contributed by atoms with Gasteiger partial charge in [-0.05, 0) is 28.1 Å². The molecular formula is C9H4BrN3S. The molecule has 0 radical (unpaired) electrons. The zero-order chi connectivity index (χ0) is 9.97. The summed E-state index contributed by atoms with van der Waals surface area (Å²) in [5.74, 6) is 0. The summed E-state index contributed by atoms with van der Waals surface area (Å²) in [6.07, 6.45) is 1.72. The van der Waals surface area contributed by atoms with Crippen molar-refractivity contribution in [2.24, 2.45) is 0 Å². The van der Waals surface area contributed by atoms with Crippen LogP contribution < -0.4 is 0 Å². The van der Waals surface area contributed by atoms with Crippen LogP contribution >= 0.6 is 27.3 Å². The van der Waals surface area contributed by atoms with Crippen LogP contribution in [-0.4, -0.2) is 9.97 Å². The lowest BCUT2D eigenvalue weighted by molar-refractivity contribution is 1.25. The second-order valence-electron chi connectivity index (χ2n) is 2.49. The number of aromatic nitrogens is 2. The number of pyridine rings is 1. The molecule has 0 N–H and O–H groups in total. The van der Waals surface area contributed by atoms with Crippen LogP contribution in [0.2, 0.25) is 0 Å². The van der Waals surface area contributed by atoms with Crippen LogP contribution in [0.15, 0.2) is 28.2 Å². The summed E-state index contributed by atoms with van der Waals surface area (Å²) in [6, 6.07) is 7.31. The molecule has 0 fully saturated rings. The number of nitrogens with zero attached hydrogens (tertiary/aromatic N) is 3. The second-order valence-corrected chi connectivity index (χ2v) is 4.90. The molecule has 0 aliphatic carbocycles. The van der Waals surface area contributed by atoms with Gasteiger partial charge in [-0.15, -0.1) is 11.3 Å². The molecule has 2 heterocycles. The van der Waals surface area contributed by atoms with Gasteiger partial charge in [0.2, 0.25) is 0 Å². The molecule has 2 rings (SSSR count). The first-order valence-corrected chi connectivity index (χ1v) is 5.39. The van der Waals surface area contributed by atoms with Crippen molar-refractivity contribution in [1.29, 1.82) is 5.26 Å². The largest absolute Gasteiger partial charge is 0.242 e. The van der Waals surface area contributed by atoms with Crippen LogP contribution in [0.4, 0.5) is 0 Å². The molecule has 2 aromatic heterocycles. The van der Waals surface area contributed by atoms with E-state index in [0.29, 0.717) is 5.69 Å². The number of rotatable bonds is 1. The van der Waals surface area contributed by atoms with E-state index in [1.807, 2.05) is 12.1 Å². The highest BCUT2D eigenvalue weighted by molar-refractivity contribution is 9.11. The fraction of sp³-hybridized carbons (Fsp3) is 0. The molecule has 0 spiro atoms. The van der Waals surface area contributed by atoms with Gasteiger partial charge in [0.1, 0.15) is 22.5 Å². The number of hydrogen-bond donors (Lipinski definition) is 0. The molecule has 0 amide bonds. The first-order chi connectivity index (χ1) is 6.79. The van der Waals surface area contributed by atoms with Gasteiger partial charge in [0.15, 0.2) is 0 Å². The Kier molecular flexibility index (Phi) is 2.57. The Morgan fingerprint density at radius 2 is 2.29 bits per heavy atom. The van der Waals surface area contributed by atoms with Crippen LogP contribution in [-0.2, 0) is 0 Å². The zero-order valence-electron chi connectivity index (χ0n) is 6.94. The highest BCUT2D eigenvalue weighted by atomic mass is 79.9. The summed E-state index contributed by atoms with van der Waals surface area (Å²) in [5.41, 5.74) is 1.15. The molecule has 0 aromatic carbocycles. The molecule has 2 aromatic rings. The van der Waals surface area contributed by atoms with Crippen molar-refractivity contribution in [2.75, 3.05) is 0 Å². The summed E-state index contributed by atoms with van der Waals surface area (Å²) in [4.78, 5) is 8.30. The third-order valence-corrected chi connectivity index (χ3v) is 3.06. The average Bonchev–Trinajstić information content (AvgIpc) is 2.65. The minimum absolute atomic E-state index is 0.411. The Hall–Kier alpha value is -1.25. The minimum Gasteiger partial charge on any atom is -0.242 e. The van der Waals surface area contributed by atoms with Gasteiger partial charge in [-0.1, -0.05) is 6.07 Å². The Morgan fingerprint density at radius 1 is 1.43 bits per heavy atom. The van der Waals surface area contributed by atoms with Crippen molar-refractivity contribution in [3.05, 3.63) is 33.9 Å². The molecule has 3 nitrogen and oxygen atoms in total. The summed E-state index contributed by atoms with van der Waals surface area (Å²) in [5, 5.41) is 9.49. The van der Waals surface area contributed by atoms with Gasteiger partial charge < -0.3 is 0 Å². The van der Waals surface area contributed by atoms with E-state index in [4.69, 9.17) is 5.26 Å². The standard InChI is InChI=1S/C9H4BrN3S/c10-8-5-12-9(14-8)7-3-1-2-6(4-11)13-7/h1-3,5H. The highest BCUT2D eigenvalue weighted by Crippen LogP contribution is 2.26. The Bertz CT molecular complexity index is 501. The van der Waals surface area contributed by atoms with Gasteiger partial charge >= 0.3 is 0 Å². The Balaban J connectivity index is 2.47. The monoisotopic (exact) mass is 265 g/mol. The molecule has 5 heteroatoms. The fourth-order valence-corrected chi connectivity index (χ4v) is 2.17. The van der Waals surface area contributed by atoms with E-state index in [-0.39, 0.29) is 0 Å². The minimum atomic E-state index is 0.411. The van der Waals surface area contributed by atoms with E-state index >= 15 is 0 Å². The quantitative estimate of drug-likeness (QED) is 0.797. The van der Waals surface area contributed by atoms with Crippen LogP contribution in [0.25, 0.3) is 10.7 Å². The van der Waals surface area contributed by atoms with Crippen molar-refractivity contribution >= 4 is 27.3 Å². The smallest absolute Gasteiger partial charge is 0.142 e. The lowest BCUT2D eigenvalue weighted by atomic mass is 10.3. The molecule has 0 saturated carbocycles. The number of hydrogen-bond acceptors (Lipinski definition) is 4. The van der Waals surface area contributed by atoms with Gasteiger partial charge in [-0.3, -0.25) is 0 Å². The van der Waals surface area contributed by atoms with E-state index in [9.17, 15) is 0 Å². The third kappa shape index (κ3) is 1.81. The van der Waals surface area contributed by atoms with Gasteiger partial charge in [0.25, 0.3) is 0 Å². The first kappa shape index (κ1) is 9.31. The lowest BCUT2D eigenvalue weighted by Crippen LogP contribution is -1.85. The maximum atomic E-state index is 8.68. The predicted molar refractivity (Wildman–Crippen MR) is 57.8 cm³/mol. The summed E-state index contributed by atoms with van der Waals surface area (Å²) >= 11 is 4.82. The van der Waals surface area contributed by atoms with Gasteiger partial charge in [-0.2, -0.15) is 5.26 Å². The van der Waals surface area contributed by atoms with E-state index in [1.54, 1.807) is 18.3 Å². The number of thiazole rings is 1. The normalized spacial score (nSPS) is 9.71. The summed E-state index contributed by atoms with van der Waals surface area (Å²) in [7, 11) is 0. The van der Waals surface area contributed by atoms with E-state index in [1.165, 1.54) is 11.3 Å². The molecule has 0 aliphatic heterocycles. The van der Waals surface area contributed by atoms with Crippen molar-refractivity contribution in [2.45, 2.75) is 0 Å². The van der Waals surface area contributed by atoms with Crippen LogP contribution in [0.3, 0.4) is 0 Å². The SMILES string of the molecule is N#Cc1cccc(-c2ncc(Br)s2)n1. The summed E-state index contributed by atoms with van der Waals surface area (Å²) in [6.45, 7) is 0. The fourth-order valence-electron chi connectivity index (χ4n) is 0.989. The van der Waals surface area contributed by atoms with Gasteiger partial charge in [0.05, 0.1) is 9.98 Å². The number of halogens is 1. The van der Waals surface area contributed by atoms with E-state index in [0.717, 1.165) is 14.5 Å². The average molecular weight is 266 g/mol. The van der Waals surface area contributed by atoms with E-state index in [2.05, 4.69) is 25.9 Å². The second kappa shape index (κ2) is 3.86. The molecule has 68 valence electrons.